The number of carbonyl (C=O) groups is 1. The van der Waals surface area contributed by atoms with Crippen molar-refractivity contribution in [2.24, 2.45) is 5.73 Å². The molecule has 0 bridgehead atoms. The largest absolute Gasteiger partial charge is 0.324 e. The molecule has 4 aromatic rings. The van der Waals surface area contributed by atoms with Crippen molar-refractivity contribution in [3.8, 4) is 22.4 Å². The predicted octanol–water partition coefficient (Wildman–Crippen LogP) is 4.69. The van der Waals surface area contributed by atoms with Gasteiger partial charge in [-0.15, -0.1) is 0 Å². The summed E-state index contributed by atoms with van der Waals surface area (Å²) in [5.74, 6) is -0.0172. The summed E-state index contributed by atoms with van der Waals surface area (Å²) in [5, 5.41) is 3.37. The maximum atomic E-state index is 13.7. The molecule has 0 unspecified atom stereocenters. The fourth-order valence-corrected chi connectivity index (χ4v) is 4.78. The standard InChI is InChI=1S/C28H28N4O2/c1-18-24(21-14-12-19(13-15-21)16-23(33)17-29)28(34)32-27(30-18)25(20-8-4-2-5-9-20)26(31-32)22-10-6-3-7-11-22/h3,6-8,10-15,31H,2,4-5,9,16-17,29H2,1H3. The minimum atomic E-state index is -0.131. The molecule has 0 atom stereocenters. The Balaban J connectivity index is 1.68. The lowest BCUT2D eigenvalue weighted by atomic mass is 9.92. The van der Waals surface area contributed by atoms with Crippen LogP contribution in [0.1, 0.15) is 42.5 Å². The van der Waals surface area contributed by atoms with E-state index in [-0.39, 0.29) is 17.9 Å². The number of aromatic amines is 1. The van der Waals surface area contributed by atoms with Crippen molar-refractivity contribution in [1.82, 2.24) is 14.6 Å². The first-order valence-corrected chi connectivity index (χ1v) is 11.8. The van der Waals surface area contributed by atoms with Gasteiger partial charge in [-0.1, -0.05) is 60.7 Å². The highest BCUT2D eigenvalue weighted by atomic mass is 16.1. The summed E-state index contributed by atoms with van der Waals surface area (Å²) in [6.45, 7) is 1.91. The van der Waals surface area contributed by atoms with Crippen LogP contribution < -0.4 is 11.3 Å². The van der Waals surface area contributed by atoms with Crippen LogP contribution in [-0.4, -0.2) is 26.9 Å². The second-order valence-corrected chi connectivity index (χ2v) is 8.86. The summed E-state index contributed by atoms with van der Waals surface area (Å²) < 4.78 is 1.58. The molecule has 34 heavy (non-hydrogen) atoms. The van der Waals surface area contributed by atoms with Crippen molar-refractivity contribution in [2.75, 3.05) is 6.54 Å². The molecular weight excluding hydrogens is 424 g/mol. The van der Waals surface area contributed by atoms with Crippen LogP contribution in [0.25, 0.3) is 33.6 Å². The molecule has 0 aliphatic heterocycles. The molecule has 2 aromatic carbocycles. The van der Waals surface area contributed by atoms with E-state index in [0.29, 0.717) is 23.3 Å². The number of ketones is 1. The van der Waals surface area contributed by atoms with Crippen LogP contribution in [0.15, 0.2) is 65.5 Å². The highest BCUT2D eigenvalue weighted by Gasteiger charge is 2.23. The second kappa shape index (κ2) is 9.23. The van der Waals surface area contributed by atoms with Crippen molar-refractivity contribution < 1.29 is 4.79 Å². The number of fused-ring (bicyclic) bond motifs is 1. The molecule has 3 N–H and O–H groups in total. The van der Waals surface area contributed by atoms with Gasteiger partial charge in [0, 0.05) is 17.5 Å². The number of benzene rings is 2. The van der Waals surface area contributed by atoms with Crippen molar-refractivity contribution in [3.63, 3.8) is 0 Å². The number of hydrogen-bond acceptors (Lipinski definition) is 4. The molecule has 1 aliphatic carbocycles. The summed E-state index contributed by atoms with van der Waals surface area (Å²) in [4.78, 5) is 30.4. The molecular formula is C28H28N4O2. The highest BCUT2D eigenvalue weighted by Crippen LogP contribution is 2.36. The number of aromatic nitrogens is 3. The maximum Gasteiger partial charge on any atom is 0.280 e. The molecule has 0 fully saturated rings. The zero-order valence-electron chi connectivity index (χ0n) is 19.3. The van der Waals surface area contributed by atoms with E-state index in [9.17, 15) is 9.59 Å². The monoisotopic (exact) mass is 452 g/mol. The van der Waals surface area contributed by atoms with Crippen molar-refractivity contribution >= 4 is 17.0 Å². The molecule has 6 nitrogen and oxygen atoms in total. The molecule has 0 spiro atoms. The van der Waals surface area contributed by atoms with Crippen LogP contribution in [0, 0.1) is 6.92 Å². The number of aryl methyl sites for hydroxylation is 1. The lowest BCUT2D eigenvalue weighted by molar-refractivity contribution is -0.117. The number of hydrogen-bond donors (Lipinski definition) is 2. The molecule has 0 saturated heterocycles. The Bertz CT molecular complexity index is 1440. The van der Waals surface area contributed by atoms with Gasteiger partial charge in [0.2, 0.25) is 0 Å². The fourth-order valence-electron chi connectivity index (χ4n) is 4.78. The van der Waals surface area contributed by atoms with Gasteiger partial charge in [0.1, 0.15) is 0 Å². The van der Waals surface area contributed by atoms with Gasteiger partial charge in [0.05, 0.1) is 23.5 Å². The van der Waals surface area contributed by atoms with Crippen LogP contribution >= 0.6 is 0 Å². The van der Waals surface area contributed by atoms with Crippen LogP contribution in [0.5, 0.6) is 0 Å². The van der Waals surface area contributed by atoms with Gasteiger partial charge in [-0.25, -0.2) is 4.98 Å². The zero-order chi connectivity index (χ0) is 23.7. The summed E-state index contributed by atoms with van der Waals surface area (Å²) in [7, 11) is 0. The third-order valence-corrected chi connectivity index (χ3v) is 6.51. The molecule has 0 amide bonds. The fraction of sp³-hybridized carbons (Fsp3) is 0.250. The number of rotatable bonds is 6. The minimum Gasteiger partial charge on any atom is -0.324 e. The van der Waals surface area contributed by atoms with Gasteiger partial charge >= 0.3 is 0 Å². The third kappa shape index (κ3) is 4.01. The van der Waals surface area contributed by atoms with Gasteiger partial charge in [-0.3, -0.25) is 14.7 Å². The summed E-state index contributed by atoms with van der Waals surface area (Å²) >= 11 is 0. The number of nitrogens with one attached hydrogen (secondary N) is 1. The van der Waals surface area contributed by atoms with Gasteiger partial charge in [0.15, 0.2) is 11.4 Å². The molecule has 0 radical (unpaired) electrons. The molecule has 172 valence electrons. The van der Waals surface area contributed by atoms with Crippen LogP contribution in [0.2, 0.25) is 0 Å². The Morgan fingerprint density at radius 1 is 1.03 bits per heavy atom. The maximum absolute atomic E-state index is 13.7. The number of carbonyl (C=O) groups excluding carboxylic acids is 1. The quantitative estimate of drug-likeness (QED) is 0.444. The van der Waals surface area contributed by atoms with Crippen molar-refractivity contribution in [2.45, 2.75) is 39.0 Å². The van der Waals surface area contributed by atoms with Gasteiger partial charge in [-0.2, -0.15) is 4.52 Å². The first-order valence-electron chi connectivity index (χ1n) is 11.8. The molecule has 2 aromatic heterocycles. The zero-order valence-corrected chi connectivity index (χ0v) is 19.3. The number of H-pyrrole nitrogens is 1. The van der Waals surface area contributed by atoms with E-state index in [1.54, 1.807) is 4.52 Å². The van der Waals surface area contributed by atoms with Crippen molar-refractivity contribution in [3.05, 3.63) is 87.8 Å². The first-order chi connectivity index (χ1) is 16.6. The van der Waals surface area contributed by atoms with E-state index in [2.05, 4.69) is 23.3 Å². The SMILES string of the molecule is Cc1nc2c(C3=CCCCC3)c(-c3ccccc3)[nH]n2c(=O)c1-c1ccc(CC(=O)CN)cc1. The number of Topliss-reactive ketones (excluding diaryl/α,β-unsaturated/α-hetero) is 1. The molecule has 2 heterocycles. The Morgan fingerprint density at radius 2 is 1.79 bits per heavy atom. The average molecular weight is 453 g/mol. The first kappa shape index (κ1) is 22.0. The summed E-state index contributed by atoms with van der Waals surface area (Å²) in [6, 6.07) is 17.6. The summed E-state index contributed by atoms with van der Waals surface area (Å²) in [6.07, 6.45) is 6.93. The van der Waals surface area contributed by atoms with Gasteiger partial charge < -0.3 is 5.73 Å². The molecule has 5 rings (SSSR count). The average Bonchev–Trinajstić information content (AvgIpc) is 3.25. The minimum absolute atomic E-state index is 0.0172. The smallest absolute Gasteiger partial charge is 0.280 e. The highest BCUT2D eigenvalue weighted by molar-refractivity contribution is 5.88. The Kier molecular flexibility index (Phi) is 5.99. The normalized spacial score (nSPS) is 13.8. The predicted molar refractivity (Wildman–Crippen MR) is 136 cm³/mol. The van der Waals surface area contributed by atoms with Crippen LogP contribution in [0.3, 0.4) is 0 Å². The third-order valence-electron chi connectivity index (χ3n) is 6.51. The Labute approximate surface area is 198 Å². The van der Waals surface area contributed by atoms with E-state index in [0.717, 1.165) is 47.2 Å². The molecule has 1 aliphatic rings. The van der Waals surface area contributed by atoms with E-state index in [1.807, 2.05) is 49.4 Å². The van der Waals surface area contributed by atoms with Gasteiger partial charge in [-0.05, 0) is 49.3 Å². The lowest BCUT2D eigenvalue weighted by Gasteiger charge is -2.14. The number of nitrogens with zero attached hydrogens (tertiary/aromatic N) is 2. The Morgan fingerprint density at radius 3 is 2.47 bits per heavy atom. The van der Waals surface area contributed by atoms with Gasteiger partial charge in [0.25, 0.3) is 5.56 Å². The lowest BCUT2D eigenvalue weighted by Crippen LogP contribution is -2.19. The Hall–Kier alpha value is -3.77. The van der Waals surface area contributed by atoms with E-state index < -0.39 is 0 Å². The topological polar surface area (TPSA) is 93.2 Å². The number of nitrogens with two attached hydrogens (primary N) is 1. The molecule has 6 heteroatoms. The summed E-state index contributed by atoms with van der Waals surface area (Å²) in [5.41, 5.74) is 13.1. The molecule has 0 saturated carbocycles. The van der Waals surface area contributed by atoms with Crippen molar-refractivity contribution in [1.29, 1.82) is 0 Å². The van der Waals surface area contributed by atoms with E-state index >= 15 is 0 Å². The van der Waals surface area contributed by atoms with E-state index in [4.69, 9.17) is 10.7 Å². The second-order valence-electron chi connectivity index (χ2n) is 8.86. The van der Waals surface area contributed by atoms with Crippen LogP contribution in [0.4, 0.5) is 0 Å². The van der Waals surface area contributed by atoms with E-state index in [1.165, 1.54) is 12.0 Å². The van der Waals surface area contributed by atoms with Crippen LogP contribution in [-0.2, 0) is 11.2 Å². The number of allylic oxidation sites excluding steroid dienone is 2.